The maximum Gasteiger partial charge on any atom is 0.191 e. The summed E-state index contributed by atoms with van der Waals surface area (Å²) in [6.07, 6.45) is 1.65. The van der Waals surface area contributed by atoms with Crippen LogP contribution in [0.15, 0.2) is 68.6 Å². The summed E-state index contributed by atoms with van der Waals surface area (Å²) in [6.45, 7) is 1.10. The first kappa shape index (κ1) is 19.4. The highest BCUT2D eigenvalue weighted by molar-refractivity contribution is 14.0. The van der Waals surface area contributed by atoms with Crippen molar-refractivity contribution in [3.63, 3.8) is 0 Å². The topological polar surface area (TPSA) is 75.6 Å². The normalized spacial score (nSPS) is 11.4. The molecule has 140 valence electrons. The van der Waals surface area contributed by atoms with Gasteiger partial charge in [0.25, 0.3) is 0 Å². The van der Waals surface area contributed by atoms with Gasteiger partial charge in [-0.25, -0.2) is 4.98 Å². The van der Waals surface area contributed by atoms with Crippen molar-refractivity contribution in [2.24, 2.45) is 4.99 Å². The molecule has 2 N–H and O–H groups in total. The minimum Gasteiger partial charge on any atom is -0.467 e. The molecule has 3 aromatic heterocycles. The number of guanidine groups is 1. The van der Waals surface area contributed by atoms with Crippen LogP contribution in [0.4, 0.5) is 0 Å². The van der Waals surface area contributed by atoms with Crippen molar-refractivity contribution in [3.8, 4) is 10.8 Å². The Labute approximate surface area is 177 Å². The van der Waals surface area contributed by atoms with Crippen molar-refractivity contribution < 1.29 is 8.83 Å². The maximum absolute atomic E-state index is 5.93. The van der Waals surface area contributed by atoms with Gasteiger partial charge in [0.15, 0.2) is 16.7 Å². The smallest absolute Gasteiger partial charge is 0.191 e. The molecule has 6 nitrogen and oxygen atoms in total. The summed E-state index contributed by atoms with van der Waals surface area (Å²) >= 11 is 1.63. The molecule has 0 aliphatic heterocycles. The summed E-state index contributed by atoms with van der Waals surface area (Å²) in [5.41, 5.74) is 0.992. The fraction of sp³-hybridized carbons (Fsp3) is 0.158. The van der Waals surface area contributed by atoms with Crippen LogP contribution in [-0.4, -0.2) is 18.0 Å². The number of fused-ring (bicyclic) bond motifs is 1. The van der Waals surface area contributed by atoms with E-state index in [1.165, 1.54) is 0 Å². The van der Waals surface area contributed by atoms with Crippen LogP contribution in [0.1, 0.15) is 11.5 Å². The number of hydrogen-bond donors (Lipinski definition) is 2. The zero-order valence-corrected chi connectivity index (χ0v) is 17.8. The third kappa shape index (κ3) is 4.69. The van der Waals surface area contributed by atoms with Gasteiger partial charge in [0.05, 0.1) is 29.6 Å². The number of benzene rings is 1. The first-order chi connectivity index (χ1) is 12.8. The zero-order valence-electron chi connectivity index (χ0n) is 14.6. The van der Waals surface area contributed by atoms with Crippen LogP contribution in [0, 0.1) is 0 Å². The molecule has 0 unspecified atom stereocenters. The van der Waals surface area contributed by atoms with Crippen LogP contribution in [0.5, 0.6) is 0 Å². The van der Waals surface area contributed by atoms with Gasteiger partial charge in [-0.05, 0) is 36.4 Å². The van der Waals surface area contributed by atoms with Gasteiger partial charge in [-0.15, -0.1) is 35.3 Å². The average Bonchev–Trinajstić information content (AvgIpc) is 3.41. The maximum atomic E-state index is 5.93. The standard InChI is InChI=1S/C19H18N4O2S.HI/c1-20-19(21-11-13-5-4-10-24-13)22-12-14-8-9-16(25-14)18-23-15-6-2-3-7-17(15)26-18;/h2-10H,11-12H2,1H3,(H2,20,21,22);1H. The lowest BCUT2D eigenvalue weighted by Gasteiger charge is -2.09. The van der Waals surface area contributed by atoms with Gasteiger partial charge in [-0.3, -0.25) is 4.99 Å². The average molecular weight is 494 g/mol. The van der Waals surface area contributed by atoms with E-state index in [1.807, 2.05) is 42.5 Å². The van der Waals surface area contributed by atoms with Crippen molar-refractivity contribution in [1.29, 1.82) is 0 Å². The minimum atomic E-state index is 0. The molecule has 4 rings (SSSR count). The first-order valence-electron chi connectivity index (χ1n) is 8.23. The fourth-order valence-electron chi connectivity index (χ4n) is 2.54. The van der Waals surface area contributed by atoms with E-state index in [2.05, 4.69) is 26.7 Å². The predicted molar refractivity (Wildman–Crippen MR) is 118 cm³/mol. The third-order valence-corrected chi connectivity index (χ3v) is 4.88. The number of nitrogens with one attached hydrogen (secondary N) is 2. The third-order valence-electron chi connectivity index (χ3n) is 3.83. The monoisotopic (exact) mass is 494 g/mol. The van der Waals surface area contributed by atoms with Gasteiger partial charge in [0.2, 0.25) is 0 Å². The van der Waals surface area contributed by atoms with Crippen molar-refractivity contribution in [3.05, 3.63) is 66.3 Å². The predicted octanol–water partition coefficient (Wildman–Crippen LogP) is 4.63. The highest BCUT2D eigenvalue weighted by Crippen LogP contribution is 2.31. The molecular weight excluding hydrogens is 475 g/mol. The van der Waals surface area contributed by atoms with E-state index in [4.69, 9.17) is 8.83 Å². The van der Waals surface area contributed by atoms with Crippen LogP contribution in [-0.2, 0) is 13.1 Å². The Morgan fingerprint density at radius 1 is 1.04 bits per heavy atom. The molecule has 0 saturated heterocycles. The second-order valence-electron chi connectivity index (χ2n) is 5.61. The number of para-hydroxylation sites is 1. The number of hydrogen-bond acceptors (Lipinski definition) is 5. The Morgan fingerprint density at radius 2 is 1.85 bits per heavy atom. The molecule has 27 heavy (non-hydrogen) atoms. The molecule has 0 fully saturated rings. The summed E-state index contributed by atoms with van der Waals surface area (Å²) in [6, 6.07) is 15.8. The van der Waals surface area contributed by atoms with Crippen LogP contribution < -0.4 is 10.6 Å². The van der Waals surface area contributed by atoms with Crippen molar-refractivity contribution >= 4 is 51.5 Å². The summed E-state index contributed by atoms with van der Waals surface area (Å²) in [4.78, 5) is 8.82. The summed E-state index contributed by atoms with van der Waals surface area (Å²) in [7, 11) is 1.73. The highest BCUT2D eigenvalue weighted by Gasteiger charge is 2.10. The van der Waals surface area contributed by atoms with Gasteiger partial charge < -0.3 is 19.5 Å². The Balaban J connectivity index is 0.00000210. The number of halogens is 1. The number of aliphatic imine (C=N–C) groups is 1. The second-order valence-corrected chi connectivity index (χ2v) is 6.64. The molecule has 0 amide bonds. The molecule has 0 radical (unpaired) electrons. The molecule has 0 bridgehead atoms. The van der Waals surface area contributed by atoms with Gasteiger partial charge in [0.1, 0.15) is 11.5 Å². The van der Waals surface area contributed by atoms with Gasteiger partial charge in [-0.2, -0.15) is 0 Å². The minimum absolute atomic E-state index is 0. The van der Waals surface area contributed by atoms with Gasteiger partial charge in [-0.1, -0.05) is 12.1 Å². The van der Waals surface area contributed by atoms with E-state index in [-0.39, 0.29) is 24.0 Å². The molecule has 0 aliphatic carbocycles. The largest absolute Gasteiger partial charge is 0.467 e. The molecule has 3 heterocycles. The summed E-state index contributed by atoms with van der Waals surface area (Å²) in [5, 5.41) is 7.30. The van der Waals surface area contributed by atoms with E-state index in [0.717, 1.165) is 32.5 Å². The highest BCUT2D eigenvalue weighted by atomic mass is 127. The Morgan fingerprint density at radius 3 is 2.59 bits per heavy atom. The zero-order chi connectivity index (χ0) is 17.8. The van der Waals surface area contributed by atoms with Crippen LogP contribution >= 0.6 is 35.3 Å². The Kier molecular flexibility index (Phi) is 6.51. The van der Waals surface area contributed by atoms with Crippen molar-refractivity contribution in [2.75, 3.05) is 7.05 Å². The number of rotatable bonds is 5. The van der Waals surface area contributed by atoms with Gasteiger partial charge >= 0.3 is 0 Å². The lowest BCUT2D eigenvalue weighted by atomic mass is 10.3. The molecule has 0 spiro atoms. The van der Waals surface area contributed by atoms with Gasteiger partial charge in [0, 0.05) is 7.05 Å². The van der Waals surface area contributed by atoms with E-state index in [1.54, 1.807) is 24.6 Å². The number of aromatic nitrogens is 1. The van der Waals surface area contributed by atoms with Crippen LogP contribution in [0.2, 0.25) is 0 Å². The number of furan rings is 2. The van der Waals surface area contributed by atoms with Crippen LogP contribution in [0.3, 0.4) is 0 Å². The Bertz CT molecular complexity index is 990. The quantitative estimate of drug-likeness (QED) is 0.240. The van der Waals surface area contributed by atoms with Crippen molar-refractivity contribution in [1.82, 2.24) is 15.6 Å². The Hall–Kier alpha value is -2.33. The first-order valence-corrected chi connectivity index (χ1v) is 9.05. The van der Waals surface area contributed by atoms with Crippen molar-refractivity contribution in [2.45, 2.75) is 13.1 Å². The molecule has 0 saturated carbocycles. The number of nitrogens with zero attached hydrogens (tertiary/aromatic N) is 2. The van der Waals surface area contributed by atoms with E-state index < -0.39 is 0 Å². The van der Waals surface area contributed by atoms with E-state index in [9.17, 15) is 0 Å². The second kappa shape index (κ2) is 9.05. The summed E-state index contributed by atoms with van der Waals surface area (Å²) < 4.78 is 12.4. The molecular formula is C19H19IN4O2S. The fourth-order valence-corrected chi connectivity index (χ4v) is 3.47. The van der Waals surface area contributed by atoms with E-state index >= 15 is 0 Å². The number of thiazole rings is 1. The SMILES string of the molecule is CN=C(NCc1ccco1)NCc1ccc(-c2nc3ccccc3s2)o1.I. The molecule has 0 atom stereocenters. The molecule has 8 heteroatoms. The molecule has 4 aromatic rings. The summed E-state index contributed by atoms with van der Waals surface area (Å²) in [5.74, 6) is 3.13. The molecule has 1 aromatic carbocycles. The van der Waals surface area contributed by atoms with E-state index in [0.29, 0.717) is 19.0 Å². The van der Waals surface area contributed by atoms with Crippen LogP contribution in [0.25, 0.3) is 21.0 Å². The lowest BCUT2D eigenvalue weighted by molar-refractivity contribution is 0.497. The molecule has 0 aliphatic rings. The lowest BCUT2D eigenvalue weighted by Crippen LogP contribution is -2.36.